The number of piperazine rings is 1. The molecule has 0 saturated carbocycles. The molecule has 0 N–H and O–H groups in total. The van der Waals surface area contributed by atoms with Crippen molar-refractivity contribution in [3.63, 3.8) is 0 Å². The summed E-state index contributed by atoms with van der Waals surface area (Å²) in [5, 5.41) is 8.57. The molecule has 1 aliphatic rings. The fraction of sp³-hybridized carbons (Fsp3) is 0.350. The summed E-state index contributed by atoms with van der Waals surface area (Å²) in [6.07, 6.45) is 5.42. The third-order valence-corrected chi connectivity index (χ3v) is 5.02. The maximum atomic E-state index is 12.7. The van der Waals surface area contributed by atoms with Gasteiger partial charge in [0.25, 0.3) is 5.91 Å². The smallest absolute Gasteiger partial charge is 0.274 e. The molecule has 7 heteroatoms. The van der Waals surface area contributed by atoms with E-state index < -0.39 is 0 Å². The quantitative estimate of drug-likeness (QED) is 0.693. The number of rotatable bonds is 5. The van der Waals surface area contributed by atoms with Crippen LogP contribution in [0.4, 0.5) is 0 Å². The highest BCUT2D eigenvalue weighted by Crippen LogP contribution is 2.13. The van der Waals surface area contributed by atoms with Crippen LogP contribution < -0.4 is 0 Å². The first-order valence-electron chi connectivity index (χ1n) is 9.26. The molecule has 3 aromatic rings. The van der Waals surface area contributed by atoms with Gasteiger partial charge in [0.2, 0.25) is 0 Å². The van der Waals surface area contributed by atoms with Gasteiger partial charge < -0.3 is 4.90 Å². The van der Waals surface area contributed by atoms with Gasteiger partial charge in [0.15, 0.2) is 0 Å². The lowest BCUT2D eigenvalue weighted by Crippen LogP contribution is -2.48. The Morgan fingerprint density at radius 3 is 2.56 bits per heavy atom. The molecule has 3 heterocycles. The van der Waals surface area contributed by atoms with Gasteiger partial charge in [0.1, 0.15) is 12.4 Å². The van der Waals surface area contributed by atoms with E-state index in [0.29, 0.717) is 12.4 Å². The van der Waals surface area contributed by atoms with Crippen LogP contribution in [0.1, 0.15) is 21.6 Å². The van der Waals surface area contributed by atoms with Crippen molar-refractivity contribution >= 4 is 5.91 Å². The molecule has 27 heavy (non-hydrogen) atoms. The van der Waals surface area contributed by atoms with Crippen LogP contribution in [0.15, 0.2) is 55.0 Å². The van der Waals surface area contributed by atoms with Crippen molar-refractivity contribution in [2.45, 2.75) is 20.1 Å². The van der Waals surface area contributed by atoms with Crippen LogP contribution in [-0.4, -0.2) is 61.4 Å². The van der Waals surface area contributed by atoms with Crippen molar-refractivity contribution in [1.82, 2.24) is 29.4 Å². The third kappa shape index (κ3) is 4.09. The van der Waals surface area contributed by atoms with Gasteiger partial charge in [0.05, 0.1) is 0 Å². The first-order valence-corrected chi connectivity index (χ1v) is 9.26. The average molecular weight is 364 g/mol. The molecule has 1 aliphatic heterocycles. The molecule has 0 bridgehead atoms. The molecule has 0 aliphatic carbocycles. The predicted octanol–water partition coefficient (Wildman–Crippen LogP) is 1.85. The van der Waals surface area contributed by atoms with Gasteiger partial charge >= 0.3 is 0 Å². The van der Waals surface area contributed by atoms with Crippen molar-refractivity contribution in [1.29, 1.82) is 0 Å². The van der Waals surface area contributed by atoms with Gasteiger partial charge in [-0.25, -0.2) is 0 Å². The lowest BCUT2D eigenvalue weighted by atomic mass is 10.1. The van der Waals surface area contributed by atoms with Crippen LogP contribution in [-0.2, 0) is 13.2 Å². The number of aryl methyl sites for hydroxylation is 1. The van der Waals surface area contributed by atoms with Crippen LogP contribution >= 0.6 is 0 Å². The molecule has 0 unspecified atom stereocenters. The Morgan fingerprint density at radius 2 is 1.81 bits per heavy atom. The van der Waals surface area contributed by atoms with Gasteiger partial charge in [-0.2, -0.15) is 10.2 Å². The van der Waals surface area contributed by atoms with E-state index in [-0.39, 0.29) is 5.91 Å². The zero-order chi connectivity index (χ0) is 18.6. The summed E-state index contributed by atoms with van der Waals surface area (Å²) in [6.45, 7) is 6.82. The first-order chi connectivity index (χ1) is 13.2. The lowest BCUT2D eigenvalue weighted by Gasteiger charge is -2.34. The van der Waals surface area contributed by atoms with E-state index in [4.69, 9.17) is 0 Å². The van der Waals surface area contributed by atoms with E-state index in [0.717, 1.165) is 32.7 Å². The number of carbonyl (C=O) groups is 1. The lowest BCUT2D eigenvalue weighted by molar-refractivity contribution is 0.0621. The second-order valence-electron chi connectivity index (χ2n) is 6.92. The van der Waals surface area contributed by atoms with Crippen LogP contribution in [0.25, 0.3) is 0 Å². The Hall–Kier alpha value is -2.93. The summed E-state index contributed by atoms with van der Waals surface area (Å²) in [4.78, 5) is 17.0. The van der Waals surface area contributed by atoms with E-state index in [9.17, 15) is 4.79 Å². The van der Waals surface area contributed by atoms with Gasteiger partial charge in [-0.1, -0.05) is 24.3 Å². The summed E-state index contributed by atoms with van der Waals surface area (Å²) in [6, 6.07) is 12.1. The zero-order valence-electron chi connectivity index (χ0n) is 15.5. The molecule has 0 radical (unpaired) electrons. The standard InChI is InChI=1S/C20H24N6O/c1-17-5-2-3-6-18(17)15-23-11-13-24(14-12-23)20(27)19-7-10-26(22-19)16-25-9-4-8-21-25/h2-10H,11-16H2,1H3. The van der Waals surface area contributed by atoms with E-state index >= 15 is 0 Å². The third-order valence-electron chi connectivity index (χ3n) is 5.02. The minimum Gasteiger partial charge on any atom is -0.335 e. The van der Waals surface area contributed by atoms with Gasteiger partial charge in [-0.15, -0.1) is 0 Å². The minimum absolute atomic E-state index is 0.00440. The zero-order valence-corrected chi connectivity index (χ0v) is 15.5. The summed E-state index contributed by atoms with van der Waals surface area (Å²) < 4.78 is 3.50. The molecular weight excluding hydrogens is 340 g/mol. The molecule has 0 atom stereocenters. The molecule has 4 rings (SSSR count). The Morgan fingerprint density at radius 1 is 1.00 bits per heavy atom. The van der Waals surface area contributed by atoms with Crippen molar-refractivity contribution in [2.75, 3.05) is 26.2 Å². The fourth-order valence-electron chi connectivity index (χ4n) is 3.39. The second kappa shape index (κ2) is 7.75. The van der Waals surface area contributed by atoms with E-state index in [2.05, 4.69) is 46.3 Å². The Bertz CT molecular complexity index is 893. The number of amides is 1. The Kier molecular flexibility index (Phi) is 5.02. The van der Waals surface area contributed by atoms with E-state index in [1.807, 2.05) is 23.4 Å². The van der Waals surface area contributed by atoms with Crippen molar-refractivity contribution in [3.8, 4) is 0 Å². The van der Waals surface area contributed by atoms with Crippen LogP contribution in [0.2, 0.25) is 0 Å². The molecule has 140 valence electrons. The Labute approximate surface area is 158 Å². The number of aromatic nitrogens is 4. The second-order valence-corrected chi connectivity index (χ2v) is 6.92. The summed E-state index contributed by atoms with van der Waals surface area (Å²) >= 11 is 0. The van der Waals surface area contributed by atoms with Gasteiger partial charge in [-0.3, -0.25) is 19.1 Å². The molecule has 2 aromatic heterocycles. The molecule has 0 spiro atoms. The highest BCUT2D eigenvalue weighted by molar-refractivity contribution is 5.92. The number of hydrogen-bond acceptors (Lipinski definition) is 4. The predicted molar refractivity (Wildman–Crippen MR) is 102 cm³/mol. The molecule has 1 aromatic carbocycles. The van der Waals surface area contributed by atoms with Crippen molar-refractivity contribution in [2.24, 2.45) is 0 Å². The maximum absolute atomic E-state index is 12.7. The van der Waals surface area contributed by atoms with Crippen molar-refractivity contribution < 1.29 is 4.79 Å². The maximum Gasteiger partial charge on any atom is 0.274 e. The summed E-state index contributed by atoms with van der Waals surface area (Å²) in [5.74, 6) is 0.00440. The summed E-state index contributed by atoms with van der Waals surface area (Å²) in [5.41, 5.74) is 3.17. The fourth-order valence-corrected chi connectivity index (χ4v) is 3.39. The highest BCUT2D eigenvalue weighted by atomic mass is 16.2. The Balaban J connectivity index is 1.32. The minimum atomic E-state index is 0.00440. The number of nitrogens with zero attached hydrogens (tertiary/aromatic N) is 6. The average Bonchev–Trinajstić information content (AvgIpc) is 3.36. The van der Waals surface area contributed by atoms with Crippen LogP contribution in [0.5, 0.6) is 0 Å². The molecule has 7 nitrogen and oxygen atoms in total. The normalized spacial score (nSPS) is 15.2. The van der Waals surface area contributed by atoms with Gasteiger partial charge in [0, 0.05) is 51.3 Å². The van der Waals surface area contributed by atoms with Gasteiger partial charge in [-0.05, 0) is 30.2 Å². The topological polar surface area (TPSA) is 59.2 Å². The van der Waals surface area contributed by atoms with Crippen LogP contribution in [0.3, 0.4) is 0 Å². The number of benzene rings is 1. The van der Waals surface area contributed by atoms with E-state index in [1.54, 1.807) is 21.6 Å². The number of carbonyl (C=O) groups excluding carboxylic acids is 1. The number of hydrogen-bond donors (Lipinski definition) is 0. The SMILES string of the molecule is Cc1ccccc1CN1CCN(C(=O)c2ccn(Cn3cccn3)n2)CC1. The summed E-state index contributed by atoms with van der Waals surface area (Å²) in [7, 11) is 0. The van der Waals surface area contributed by atoms with Crippen LogP contribution in [0, 0.1) is 6.92 Å². The highest BCUT2D eigenvalue weighted by Gasteiger charge is 2.23. The molecule has 1 saturated heterocycles. The molecule has 1 amide bonds. The van der Waals surface area contributed by atoms with E-state index in [1.165, 1.54) is 11.1 Å². The van der Waals surface area contributed by atoms with Crippen molar-refractivity contribution in [3.05, 3.63) is 71.8 Å². The monoisotopic (exact) mass is 364 g/mol. The molecule has 1 fully saturated rings. The first kappa shape index (κ1) is 17.5. The largest absolute Gasteiger partial charge is 0.335 e. The molecular formula is C20H24N6O.